The lowest BCUT2D eigenvalue weighted by Crippen LogP contribution is -2.18. The van der Waals surface area contributed by atoms with Gasteiger partial charge in [-0.3, -0.25) is 4.79 Å². The lowest BCUT2D eigenvalue weighted by Gasteiger charge is -2.09. The van der Waals surface area contributed by atoms with Crippen LogP contribution in [0.1, 0.15) is 27.3 Å². The van der Waals surface area contributed by atoms with Crippen molar-refractivity contribution in [2.75, 3.05) is 7.11 Å². The molecule has 0 saturated carbocycles. The lowest BCUT2D eigenvalue weighted by atomic mass is 10.2. The standard InChI is InChI=1S/C21H19BrIN3O2/c1-13-10-15(14(2)26(13)18-7-5-17(23)6-8-18)12-24-25-21(27)19-11-16(22)4-9-20(19)28-3/h4-12H,1-3H3,(H,25,27)/b24-12-. The molecule has 0 atom stereocenters. The van der Waals surface area contributed by atoms with Crippen molar-refractivity contribution >= 4 is 50.6 Å². The van der Waals surface area contributed by atoms with E-state index in [4.69, 9.17) is 4.74 Å². The maximum Gasteiger partial charge on any atom is 0.275 e. The molecular formula is C21H19BrIN3O2. The van der Waals surface area contributed by atoms with E-state index in [0.717, 1.165) is 27.1 Å². The molecule has 0 saturated heterocycles. The number of aromatic nitrogens is 1. The predicted molar refractivity (Wildman–Crippen MR) is 124 cm³/mol. The number of carbonyl (C=O) groups excluding carboxylic acids is 1. The van der Waals surface area contributed by atoms with Crippen molar-refractivity contribution < 1.29 is 9.53 Å². The number of nitrogens with zero attached hydrogens (tertiary/aromatic N) is 2. The third-order valence-corrected chi connectivity index (χ3v) is 5.54. The normalized spacial score (nSPS) is 11.0. The molecule has 0 fully saturated rings. The first kappa shape index (κ1) is 20.6. The van der Waals surface area contributed by atoms with Gasteiger partial charge in [-0.25, -0.2) is 5.43 Å². The third-order valence-electron chi connectivity index (χ3n) is 4.33. The molecular weight excluding hydrogens is 533 g/mol. The predicted octanol–water partition coefficient (Wildman–Crippen LogP) is 5.23. The molecule has 2 aromatic carbocycles. The van der Waals surface area contributed by atoms with E-state index in [1.54, 1.807) is 18.3 Å². The molecule has 1 amide bonds. The van der Waals surface area contributed by atoms with Gasteiger partial charge in [-0.15, -0.1) is 0 Å². The van der Waals surface area contributed by atoms with Gasteiger partial charge in [0.2, 0.25) is 0 Å². The molecule has 1 heterocycles. The monoisotopic (exact) mass is 551 g/mol. The molecule has 0 aliphatic carbocycles. The maximum atomic E-state index is 12.4. The van der Waals surface area contributed by atoms with Gasteiger partial charge in [-0.2, -0.15) is 5.10 Å². The Morgan fingerprint density at radius 1 is 1.18 bits per heavy atom. The molecule has 0 unspecified atom stereocenters. The molecule has 7 heteroatoms. The summed E-state index contributed by atoms with van der Waals surface area (Å²) in [7, 11) is 1.53. The van der Waals surface area contributed by atoms with Crippen LogP contribution in [-0.4, -0.2) is 23.8 Å². The van der Waals surface area contributed by atoms with E-state index < -0.39 is 0 Å². The number of rotatable bonds is 5. The number of benzene rings is 2. The quantitative estimate of drug-likeness (QED) is 0.268. The summed E-state index contributed by atoms with van der Waals surface area (Å²) < 4.78 is 9.39. The summed E-state index contributed by atoms with van der Waals surface area (Å²) in [5.74, 6) is 0.161. The Kier molecular flexibility index (Phi) is 6.56. The van der Waals surface area contributed by atoms with Gasteiger partial charge in [0.1, 0.15) is 5.75 Å². The van der Waals surface area contributed by atoms with Gasteiger partial charge in [0.25, 0.3) is 5.91 Å². The molecule has 0 radical (unpaired) electrons. The minimum absolute atomic E-state index is 0.333. The number of nitrogens with one attached hydrogen (secondary N) is 1. The number of methoxy groups -OCH3 is 1. The number of amides is 1. The molecule has 0 bridgehead atoms. The van der Waals surface area contributed by atoms with Crippen molar-refractivity contribution in [2.24, 2.45) is 5.10 Å². The van der Waals surface area contributed by atoms with Crippen LogP contribution in [0.15, 0.2) is 58.1 Å². The minimum atomic E-state index is -0.333. The first-order valence-electron chi connectivity index (χ1n) is 8.52. The van der Waals surface area contributed by atoms with Crippen molar-refractivity contribution in [2.45, 2.75) is 13.8 Å². The molecule has 0 aliphatic rings. The Morgan fingerprint density at radius 3 is 2.57 bits per heavy atom. The lowest BCUT2D eigenvalue weighted by molar-refractivity contribution is 0.0952. The zero-order valence-corrected chi connectivity index (χ0v) is 19.4. The molecule has 1 N–H and O–H groups in total. The second-order valence-corrected chi connectivity index (χ2v) is 8.34. The summed E-state index contributed by atoms with van der Waals surface area (Å²) in [6, 6.07) is 15.6. The van der Waals surface area contributed by atoms with Crippen molar-refractivity contribution in [3.8, 4) is 11.4 Å². The number of hydrogen-bond donors (Lipinski definition) is 1. The van der Waals surface area contributed by atoms with Gasteiger partial charge in [-0.05, 0) is 85.0 Å². The number of carbonyl (C=O) groups is 1. The second-order valence-electron chi connectivity index (χ2n) is 6.18. The van der Waals surface area contributed by atoms with Crippen LogP contribution in [0.4, 0.5) is 0 Å². The average Bonchev–Trinajstić information content (AvgIpc) is 2.96. The van der Waals surface area contributed by atoms with E-state index in [1.807, 2.05) is 26.0 Å². The fourth-order valence-electron chi connectivity index (χ4n) is 2.98. The van der Waals surface area contributed by atoms with Crippen LogP contribution in [0.25, 0.3) is 5.69 Å². The first-order valence-corrected chi connectivity index (χ1v) is 10.4. The van der Waals surface area contributed by atoms with Gasteiger partial charge >= 0.3 is 0 Å². The van der Waals surface area contributed by atoms with Crippen LogP contribution in [0.3, 0.4) is 0 Å². The van der Waals surface area contributed by atoms with Crippen LogP contribution in [0, 0.1) is 17.4 Å². The van der Waals surface area contributed by atoms with Crippen molar-refractivity contribution in [3.05, 3.63) is 79.1 Å². The highest BCUT2D eigenvalue weighted by molar-refractivity contribution is 14.1. The zero-order chi connectivity index (χ0) is 20.3. The molecule has 28 heavy (non-hydrogen) atoms. The zero-order valence-electron chi connectivity index (χ0n) is 15.7. The topological polar surface area (TPSA) is 55.6 Å². The molecule has 1 aromatic heterocycles. The number of hydrazone groups is 1. The molecule has 144 valence electrons. The summed E-state index contributed by atoms with van der Waals surface area (Å²) in [5.41, 5.74) is 7.17. The van der Waals surface area contributed by atoms with Crippen molar-refractivity contribution in [1.82, 2.24) is 9.99 Å². The van der Waals surface area contributed by atoms with Gasteiger partial charge in [0.15, 0.2) is 0 Å². The van der Waals surface area contributed by atoms with Crippen LogP contribution in [0.2, 0.25) is 0 Å². The Bertz CT molecular complexity index is 1040. The third kappa shape index (κ3) is 4.47. The van der Waals surface area contributed by atoms with E-state index in [2.05, 4.69) is 77.9 Å². The van der Waals surface area contributed by atoms with E-state index in [0.29, 0.717) is 11.3 Å². The number of halogens is 2. The van der Waals surface area contributed by atoms with E-state index in [9.17, 15) is 4.79 Å². The maximum absolute atomic E-state index is 12.4. The van der Waals surface area contributed by atoms with E-state index in [1.165, 1.54) is 10.7 Å². The summed E-state index contributed by atoms with van der Waals surface area (Å²) in [4.78, 5) is 12.4. The summed E-state index contributed by atoms with van der Waals surface area (Å²) in [6.07, 6.45) is 1.66. The largest absolute Gasteiger partial charge is 0.496 e. The highest BCUT2D eigenvalue weighted by Gasteiger charge is 2.13. The molecule has 5 nitrogen and oxygen atoms in total. The molecule has 3 aromatic rings. The highest BCUT2D eigenvalue weighted by Crippen LogP contribution is 2.23. The number of ether oxygens (including phenoxy) is 1. The first-order chi connectivity index (χ1) is 13.4. The van der Waals surface area contributed by atoms with Crippen LogP contribution in [-0.2, 0) is 0 Å². The Hall–Kier alpha value is -2.13. The van der Waals surface area contributed by atoms with E-state index >= 15 is 0 Å². The fraction of sp³-hybridized carbons (Fsp3) is 0.143. The SMILES string of the molecule is COc1ccc(Br)cc1C(=O)N/N=C\c1cc(C)n(-c2ccc(I)cc2)c1C. The molecule has 0 spiro atoms. The Labute approximate surface area is 186 Å². The Morgan fingerprint density at radius 2 is 1.89 bits per heavy atom. The second kappa shape index (κ2) is 8.91. The Balaban J connectivity index is 1.80. The van der Waals surface area contributed by atoms with Crippen LogP contribution >= 0.6 is 38.5 Å². The van der Waals surface area contributed by atoms with Crippen molar-refractivity contribution in [3.63, 3.8) is 0 Å². The smallest absolute Gasteiger partial charge is 0.275 e. The summed E-state index contributed by atoms with van der Waals surface area (Å²) in [6.45, 7) is 4.08. The minimum Gasteiger partial charge on any atom is -0.496 e. The van der Waals surface area contributed by atoms with Gasteiger partial charge in [-0.1, -0.05) is 15.9 Å². The van der Waals surface area contributed by atoms with Crippen LogP contribution in [0.5, 0.6) is 5.75 Å². The van der Waals surface area contributed by atoms with Gasteiger partial charge in [0.05, 0.1) is 18.9 Å². The average molecular weight is 552 g/mol. The van der Waals surface area contributed by atoms with Gasteiger partial charge in [0, 0.05) is 30.7 Å². The summed E-state index contributed by atoms with van der Waals surface area (Å²) >= 11 is 5.66. The van der Waals surface area contributed by atoms with E-state index in [-0.39, 0.29) is 5.91 Å². The van der Waals surface area contributed by atoms with Crippen molar-refractivity contribution in [1.29, 1.82) is 0 Å². The van der Waals surface area contributed by atoms with Crippen LogP contribution < -0.4 is 10.2 Å². The number of aryl methyl sites for hydroxylation is 1. The summed E-state index contributed by atoms with van der Waals surface area (Å²) in [5, 5.41) is 4.14. The molecule has 3 rings (SSSR count). The molecule has 0 aliphatic heterocycles. The number of hydrogen-bond acceptors (Lipinski definition) is 3. The van der Waals surface area contributed by atoms with Gasteiger partial charge < -0.3 is 9.30 Å². The highest BCUT2D eigenvalue weighted by atomic mass is 127. The fourth-order valence-corrected chi connectivity index (χ4v) is 3.70.